The molecule has 0 spiro atoms. The summed E-state index contributed by atoms with van der Waals surface area (Å²) in [6, 6.07) is 19.8. The van der Waals surface area contributed by atoms with E-state index >= 15 is 0 Å². The normalized spacial score (nSPS) is 11.6. The van der Waals surface area contributed by atoms with Gasteiger partial charge in [0.15, 0.2) is 0 Å². The lowest BCUT2D eigenvalue weighted by Crippen LogP contribution is -2.27. The summed E-state index contributed by atoms with van der Waals surface area (Å²) in [5.74, 6) is 0. The molecule has 0 radical (unpaired) electrons. The van der Waals surface area contributed by atoms with Crippen molar-refractivity contribution in [1.82, 2.24) is 14.0 Å². The van der Waals surface area contributed by atoms with Crippen molar-refractivity contribution < 1.29 is 5.11 Å². The summed E-state index contributed by atoms with van der Waals surface area (Å²) >= 11 is 0. The van der Waals surface area contributed by atoms with Gasteiger partial charge in [-0.1, -0.05) is 48.5 Å². The zero-order valence-electron chi connectivity index (χ0n) is 15.2. The number of benzene rings is 2. The monoisotopic (exact) mass is 369 g/mol. The highest BCUT2D eigenvalue weighted by molar-refractivity contribution is 6.04. The highest BCUT2D eigenvalue weighted by Gasteiger charge is 2.19. The van der Waals surface area contributed by atoms with Crippen LogP contribution in [0.1, 0.15) is 11.1 Å². The smallest absolute Gasteiger partial charge is 0.333 e. The van der Waals surface area contributed by atoms with Crippen molar-refractivity contribution in [3.63, 3.8) is 0 Å². The molecule has 0 saturated heterocycles. The summed E-state index contributed by atoms with van der Waals surface area (Å²) in [6.45, 7) is 0.515. The van der Waals surface area contributed by atoms with Crippen molar-refractivity contribution in [3.8, 4) is 0 Å². The molecule has 0 aliphatic carbocycles. The topological polar surface area (TPSA) is 59.5 Å². The van der Waals surface area contributed by atoms with Gasteiger partial charge in [0.05, 0.1) is 23.1 Å². The molecule has 0 atom stereocenters. The fourth-order valence-electron chi connectivity index (χ4n) is 4.10. The molecular formula is C23H19N3O2. The van der Waals surface area contributed by atoms with Gasteiger partial charge in [-0.25, -0.2) is 4.79 Å². The van der Waals surface area contributed by atoms with E-state index in [9.17, 15) is 9.90 Å². The van der Waals surface area contributed by atoms with Gasteiger partial charge in [0, 0.05) is 29.8 Å². The summed E-state index contributed by atoms with van der Waals surface area (Å²) < 4.78 is 3.59. The fraction of sp³-hybridized carbons (Fsp3) is 0.130. The Kier molecular flexibility index (Phi) is 3.95. The van der Waals surface area contributed by atoms with Crippen LogP contribution in [0.5, 0.6) is 0 Å². The Balaban J connectivity index is 1.96. The number of aromatic nitrogens is 3. The Bertz CT molecular complexity index is 1370. The van der Waals surface area contributed by atoms with Gasteiger partial charge in [0.2, 0.25) is 0 Å². The first-order chi connectivity index (χ1) is 13.8. The number of fused-ring (bicyclic) bond motifs is 5. The van der Waals surface area contributed by atoms with Gasteiger partial charge < -0.3 is 5.11 Å². The lowest BCUT2D eigenvalue weighted by atomic mass is 10.1. The minimum atomic E-state index is -0.0852. The van der Waals surface area contributed by atoms with E-state index in [0.29, 0.717) is 13.0 Å². The van der Waals surface area contributed by atoms with E-state index < -0.39 is 0 Å². The first kappa shape index (κ1) is 16.7. The number of aliphatic hydroxyl groups is 1. The zero-order valence-corrected chi connectivity index (χ0v) is 15.2. The maximum Gasteiger partial charge on any atom is 0.333 e. The number of para-hydroxylation sites is 1. The summed E-state index contributed by atoms with van der Waals surface area (Å²) in [5, 5.41) is 11.5. The van der Waals surface area contributed by atoms with Crippen LogP contribution in [0.3, 0.4) is 0 Å². The van der Waals surface area contributed by atoms with Gasteiger partial charge in [0.25, 0.3) is 0 Å². The SMILES string of the molecule is O=c1n(Cc2ccccc2)c2ccccc2c2c(CCO)c3cnccc3n12. The lowest BCUT2D eigenvalue weighted by Gasteiger charge is -2.13. The first-order valence-electron chi connectivity index (χ1n) is 9.33. The minimum absolute atomic E-state index is 0.0189. The first-order valence-corrected chi connectivity index (χ1v) is 9.33. The van der Waals surface area contributed by atoms with Gasteiger partial charge in [-0.05, 0) is 29.7 Å². The second kappa shape index (κ2) is 6.62. The van der Waals surface area contributed by atoms with Crippen molar-refractivity contribution in [3.05, 3.63) is 94.7 Å². The van der Waals surface area contributed by atoms with E-state index in [-0.39, 0.29) is 12.3 Å². The Labute approximate surface area is 161 Å². The molecule has 138 valence electrons. The quantitative estimate of drug-likeness (QED) is 0.528. The van der Waals surface area contributed by atoms with Crippen molar-refractivity contribution in [2.45, 2.75) is 13.0 Å². The lowest BCUT2D eigenvalue weighted by molar-refractivity contribution is 0.300. The summed E-state index contributed by atoms with van der Waals surface area (Å²) in [4.78, 5) is 17.9. The second-order valence-electron chi connectivity index (χ2n) is 6.90. The van der Waals surface area contributed by atoms with Crippen LogP contribution in [-0.2, 0) is 13.0 Å². The summed E-state index contributed by atoms with van der Waals surface area (Å²) in [6.07, 6.45) is 3.96. The average molecular weight is 369 g/mol. The fourth-order valence-corrected chi connectivity index (χ4v) is 4.10. The molecule has 28 heavy (non-hydrogen) atoms. The van der Waals surface area contributed by atoms with Crippen LogP contribution in [0, 0.1) is 0 Å². The maximum atomic E-state index is 13.6. The van der Waals surface area contributed by atoms with Gasteiger partial charge in [-0.2, -0.15) is 0 Å². The maximum absolute atomic E-state index is 13.6. The molecule has 1 N–H and O–H groups in total. The molecule has 0 unspecified atom stereocenters. The van der Waals surface area contributed by atoms with Gasteiger partial charge in [-0.15, -0.1) is 0 Å². The van der Waals surface area contributed by atoms with E-state index in [1.807, 2.05) is 65.2 Å². The molecule has 3 heterocycles. The molecule has 0 aliphatic heterocycles. The average Bonchev–Trinajstić information content (AvgIpc) is 3.07. The van der Waals surface area contributed by atoms with Crippen LogP contribution in [-0.4, -0.2) is 25.7 Å². The molecule has 5 heteroatoms. The highest BCUT2D eigenvalue weighted by Crippen LogP contribution is 2.30. The van der Waals surface area contributed by atoms with E-state index in [0.717, 1.165) is 38.4 Å². The Morgan fingerprint density at radius 2 is 1.68 bits per heavy atom. The Morgan fingerprint density at radius 1 is 0.893 bits per heavy atom. The van der Waals surface area contributed by atoms with Crippen LogP contribution in [0.4, 0.5) is 0 Å². The number of hydrogen-bond acceptors (Lipinski definition) is 3. The van der Waals surface area contributed by atoms with Crippen LogP contribution in [0.25, 0.3) is 27.3 Å². The summed E-state index contributed by atoms with van der Waals surface area (Å²) in [7, 11) is 0. The van der Waals surface area contributed by atoms with Crippen LogP contribution < -0.4 is 5.69 Å². The number of rotatable bonds is 4. The van der Waals surface area contributed by atoms with Gasteiger partial charge in [-0.3, -0.25) is 14.0 Å². The van der Waals surface area contributed by atoms with Crippen LogP contribution in [0.15, 0.2) is 77.9 Å². The predicted molar refractivity (Wildman–Crippen MR) is 111 cm³/mol. The zero-order chi connectivity index (χ0) is 19.1. The molecule has 5 aromatic rings. The number of nitrogens with zero attached hydrogens (tertiary/aromatic N) is 3. The van der Waals surface area contributed by atoms with Gasteiger partial charge in [0.1, 0.15) is 0 Å². The van der Waals surface area contributed by atoms with Crippen LogP contribution >= 0.6 is 0 Å². The molecule has 0 saturated carbocycles. The van der Waals surface area contributed by atoms with Crippen molar-refractivity contribution >= 4 is 27.3 Å². The molecule has 0 aliphatic rings. The third-order valence-electron chi connectivity index (χ3n) is 5.29. The predicted octanol–water partition coefficient (Wildman–Crippen LogP) is 3.39. The number of aliphatic hydroxyl groups excluding tert-OH is 1. The number of hydrogen-bond donors (Lipinski definition) is 1. The van der Waals surface area contributed by atoms with Crippen molar-refractivity contribution in [1.29, 1.82) is 0 Å². The molecule has 3 aromatic heterocycles. The molecule has 0 amide bonds. The van der Waals surface area contributed by atoms with E-state index in [1.165, 1.54) is 0 Å². The number of pyridine rings is 1. The standard InChI is InChI=1S/C23H19N3O2/c27-13-11-17-19-14-24-12-10-21(19)26-22(17)18-8-4-5-9-20(18)25(23(26)28)15-16-6-2-1-3-7-16/h1-10,12,14,27H,11,13,15H2. The molecule has 0 bridgehead atoms. The third kappa shape index (κ3) is 2.44. The van der Waals surface area contributed by atoms with E-state index in [1.54, 1.807) is 16.8 Å². The third-order valence-corrected chi connectivity index (χ3v) is 5.29. The van der Waals surface area contributed by atoms with Gasteiger partial charge >= 0.3 is 5.69 Å². The Morgan fingerprint density at radius 3 is 2.50 bits per heavy atom. The molecule has 5 nitrogen and oxygen atoms in total. The van der Waals surface area contributed by atoms with Crippen molar-refractivity contribution in [2.75, 3.05) is 6.61 Å². The summed E-state index contributed by atoms with van der Waals surface area (Å²) in [5.41, 5.74) is 4.53. The molecule has 2 aromatic carbocycles. The minimum Gasteiger partial charge on any atom is -0.396 e. The molecule has 5 rings (SSSR count). The largest absolute Gasteiger partial charge is 0.396 e. The van der Waals surface area contributed by atoms with Crippen molar-refractivity contribution in [2.24, 2.45) is 0 Å². The Hall–Kier alpha value is -3.44. The van der Waals surface area contributed by atoms with E-state index in [4.69, 9.17) is 0 Å². The van der Waals surface area contributed by atoms with Crippen LogP contribution in [0.2, 0.25) is 0 Å². The molecule has 0 fully saturated rings. The second-order valence-corrected chi connectivity index (χ2v) is 6.90. The van der Waals surface area contributed by atoms with E-state index in [2.05, 4.69) is 4.98 Å². The molecular weight excluding hydrogens is 350 g/mol. The highest BCUT2D eigenvalue weighted by atomic mass is 16.3.